The van der Waals surface area contributed by atoms with Crippen LogP contribution < -0.4 is 10.6 Å². The molecule has 20 heavy (non-hydrogen) atoms. The average molecular weight is 277 g/mol. The number of anilines is 1. The first-order chi connectivity index (χ1) is 9.40. The predicted molar refractivity (Wildman–Crippen MR) is 84.9 cm³/mol. The lowest BCUT2D eigenvalue weighted by Gasteiger charge is -2.22. The van der Waals surface area contributed by atoms with Gasteiger partial charge >= 0.3 is 0 Å². The Kier molecular flexibility index (Phi) is 6.68. The van der Waals surface area contributed by atoms with Gasteiger partial charge in [0.1, 0.15) is 0 Å². The first-order valence-corrected chi connectivity index (χ1v) is 7.21. The highest BCUT2D eigenvalue weighted by atomic mass is 16.1. The Bertz CT molecular complexity index is 431. The van der Waals surface area contributed by atoms with Crippen LogP contribution in [-0.4, -0.2) is 37.0 Å². The minimum Gasteiger partial charge on any atom is -0.326 e. The molecule has 0 aliphatic heterocycles. The summed E-state index contributed by atoms with van der Waals surface area (Å²) in [4.78, 5) is 13.4. The summed E-state index contributed by atoms with van der Waals surface area (Å²) in [6, 6.07) is 8.81. The smallest absolute Gasteiger partial charge is 0.221 e. The van der Waals surface area contributed by atoms with E-state index in [2.05, 4.69) is 49.4 Å². The molecule has 4 heteroatoms. The summed E-state index contributed by atoms with van der Waals surface area (Å²) in [5.74, 6) is -0.0404. The van der Waals surface area contributed by atoms with Crippen molar-refractivity contribution in [2.24, 2.45) is 0 Å². The van der Waals surface area contributed by atoms with Crippen molar-refractivity contribution in [2.75, 3.05) is 25.5 Å². The van der Waals surface area contributed by atoms with Gasteiger partial charge in [-0.15, -0.1) is 0 Å². The van der Waals surface area contributed by atoms with Crippen molar-refractivity contribution in [3.63, 3.8) is 0 Å². The molecule has 1 aromatic rings. The molecule has 0 fully saturated rings. The van der Waals surface area contributed by atoms with E-state index >= 15 is 0 Å². The molecule has 1 unspecified atom stereocenters. The third-order valence-electron chi connectivity index (χ3n) is 3.50. The fraction of sp³-hybridized carbons (Fsp3) is 0.562. The second kappa shape index (κ2) is 8.02. The summed E-state index contributed by atoms with van der Waals surface area (Å²) in [6.07, 6.45) is 0. The molecule has 0 saturated heterocycles. The maximum Gasteiger partial charge on any atom is 0.221 e. The van der Waals surface area contributed by atoms with E-state index in [-0.39, 0.29) is 11.9 Å². The van der Waals surface area contributed by atoms with Crippen molar-refractivity contribution in [3.05, 3.63) is 29.8 Å². The number of rotatable bonds is 7. The Balaban J connectivity index is 2.50. The molecule has 0 aliphatic carbocycles. The Labute approximate surface area is 122 Å². The topological polar surface area (TPSA) is 44.4 Å². The van der Waals surface area contributed by atoms with E-state index in [1.54, 1.807) is 0 Å². The molecule has 0 aromatic heterocycles. The van der Waals surface area contributed by atoms with E-state index in [9.17, 15) is 4.79 Å². The van der Waals surface area contributed by atoms with E-state index in [0.717, 1.165) is 18.8 Å². The molecular weight excluding hydrogens is 250 g/mol. The Morgan fingerprint density at radius 2 is 2.00 bits per heavy atom. The lowest BCUT2D eigenvalue weighted by molar-refractivity contribution is -0.114. The summed E-state index contributed by atoms with van der Waals surface area (Å²) in [6.45, 7) is 10.0. The van der Waals surface area contributed by atoms with Crippen LogP contribution in [0.5, 0.6) is 0 Å². The van der Waals surface area contributed by atoms with Gasteiger partial charge in [0, 0.05) is 37.8 Å². The van der Waals surface area contributed by atoms with Crippen LogP contribution >= 0.6 is 0 Å². The van der Waals surface area contributed by atoms with Crippen molar-refractivity contribution in [1.29, 1.82) is 0 Å². The van der Waals surface area contributed by atoms with Crippen molar-refractivity contribution < 1.29 is 4.79 Å². The predicted octanol–water partition coefficient (Wildman–Crippen LogP) is 2.64. The summed E-state index contributed by atoms with van der Waals surface area (Å²) in [7, 11) is 2.13. The van der Waals surface area contributed by atoms with Gasteiger partial charge in [0.05, 0.1) is 0 Å². The summed E-state index contributed by atoms with van der Waals surface area (Å²) >= 11 is 0. The van der Waals surface area contributed by atoms with Crippen LogP contribution in [0.1, 0.15) is 39.3 Å². The number of carbonyl (C=O) groups is 1. The molecule has 0 heterocycles. The van der Waals surface area contributed by atoms with Crippen LogP contribution in [0.25, 0.3) is 0 Å². The molecule has 1 amide bonds. The number of nitrogens with one attached hydrogen (secondary N) is 2. The molecule has 1 aromatic carbocycles. The van der Waals surface area contributed by atoms with Gasteiger partial charge in [-0.05, 0) is 45.5 Å². The number of amides is 1. The number of hydrogen-bond acceptors (Lipinski definition) is 3. The highest BCUT2D eigenvalue weighted by molar-refractivity contribution is 5.88. The first kappa shape index (κ1) is 16.7. The second-order valence-corrected chi connectivity index (χ2v) is 5.56. The van der Waals surface area contributed by atoms with Gasteiger partial charge in [-0.3, -0.25) is 4.79 Å². The maximum atomic E-state index is 11.1. The van der Waals surface area contributed by atoms with E-state index in [1.807, 2.05) is 18.2 Å². The zero-order valence-electron chi connectivity index (χ0n) is 13.2. The molecule has 1 rings (SSSR count). The minimum absolute atomic E-state index is 0.0404. The molecule has 112 valence electrons. The van der Waals surface area contributed by atoms with Crippen LogP contribution in [0.4, 0.5) is 5.69 Å². The second-order valence-electron chi connectivity index (χ2n) is 5.56. The molecule has 2 N–H and O–H groups in total. The van der Waals surface area contributed by atoms with Gasteiger partial charge in [-0.25, -0.2) is 0 Å². The molecule has 4 nitrogen and oxygen atoms in total. The van der Waals surface area contributed by atoms with Crippen LogP contribution in [0.2, 0.25) is 0 Å². The van der Waals surface area contributed by atoms with Crippen LogP contribution in [0.15, 0.2) is 24.3 Å². The first-order valence-electron chi connectivity index (χ1n) is 7.21. The number of carbonyl (C=O) groups excluding carboxylic acids is 1. The van der Waals surface area contributed by atoms with Crippen molar-refractivity contribution in [3.8, 4) is 0 Å². The van der Waals surface area contributed by atoms with Gasteiger partial charge < -0.3 is 15.5 Å². The zero-order valence-corrected chi connectivity index (χ0v) is 13.2. The zero-order chi connectivity index (χ0) is 15.1. The number of hydrogen-bond donors (Lipinski definition) is 2. The summed E-state index contributed by atoms with van der Waals surface area (Å²) in [5, 5.41) is 6.33. The number of likely N-dealkylation sites (N-methyl/N-ethyl adjacent to an activating group) is 1. The SMILES string of the molecule is CC(=O)Nc1cccc(C(C)NCCN(C)C(C)C)c1. The van der Waals surface area contributed by atoms with E-state index in [1.165, 1.54) is 12.5 Å². The van der Waals surface area contributed by atoms with Gasteiger partial charge in [0.2, 0.25) is 5.91 Å². The van der Waals surface area contributed by atoms with Crippen molar-refractivity contribution in [1.82, 2.24) is 10.2 Å². The Hall–Kier alpha value is -1.39. The van der Waals surface area contributed by atoms with Gasteiger partial charge in [-0.1, -0.05) is 12.1 Å². The van der Waals surface area contributed by atoms with Gasteiger partial charge in [-0.2, -0.15) is 0 Å². The lowest BCUT2D eigenvalue weighted by Crippen LogP contribution is -2.34. The highest BCUT2D eigenvalue weighted by Gasteiger charge is 2.07. The van der Waals surface area contributed by atoms with Crippen LogP contribution in [-0.2, 0) is 4.79 Å². The largest absolute Gasteiger partial charge is 0.326 e. The van der Waals surface area contributed by atoms with E-state index in [0.29, 0.717) is 6.04 Å². The fourth-order valence-electron chi connectivity index (χ4n) is 1.92. The minimum atomic E-state index is -0.0404. The Morgan fingerprint density at radius 1 is 1.30 bits per heavy atom. The molecule has 0 bridgehead atoms. The summed E-state index contributed by atoms with van der Waals surface area (Å²) in [5.41, 5.74) is 2.03. The molecule has 0 saturated carbocycles. The standard InChI is InChI=1S/C16H27N3O/c1-12(2)19(5)10-9-17-13(3)15-7-6-8-16(11-15)18-14(4)20/h6-8,11-13,17H,9-10H2,1-5H3,(H,18,20). The molecule has 0 aliphatic rings. The molecule has 0 radical (unpaired) electrons. The van der Waals surface area contributed by atoms with Gasteiger partial charge in [0.25, 0.3) is 0 Å². The maximum absolute atomic E-state index is 11.1. The molecule has 1 atom stereocenters. The fourth-order valence-corrected chi connectivity index (χ4v) is 1.92. The van der Waals surface area contributed by atoms with E-state index in [4.69, 9.17) is 0 Å². The van der Waals surface area contributed by atoms with Crippen LogP contribution in [0, 0.1) is 0 Å². The van der Waals surface area contributed by atoms with Crippen molar-refractivity contribution >= 4 is 11.6 Å². The third-order valence-corrected chi connectivity index (χ3v) is 3.50. The lowest BCUT2D eigenvalue weighted by atomic mass is 10.1. The quantitative estimate of drug-likeness (QED) is 0.805. The number of nitrogens with zero attached hydrogens (tertiary/aromatic N) is 1. The van der Waals surface area contributed by atoms with Gasteiger partial charge in [0.15, 0.2) is 0 Å². The third kappa shape index (κ3) is 5.72. The Morgan fingerprint density at radius 3 is 2.60 bits per heavy atom. The molecular formula is C16H27N3O. The average Bonchev–Trinajstić information content (AvgIpc) is 2.37. The normalized spacial score (nSPS) is 12.8. The van der Waals surface area contributed by atoms with E-state index < -0.39 is 0 Å². The summed E-state index contributed by atoms with van der Waals surface area (Å²) < 4.78 is 0. The van der Waals surface area contributed by atoms with Crippen molar-refractivity contribution in [2.45, 2.75) is 39.8 Å². The molecule has 0 spiro atoms. The highest BCUT2D eigenvalue weighted by Crippen LogP contribution is 2.17. The van der Waals surface area contributed by atoms with Crippen LogP contribution in [0.3, 0.4) is 0 Å². The number of benzene rings is 1. The monoisotopic (exact) mass is 277 g/mol.